The third-order valence-corrected chi connectivity index (χ3v) is 1.77. The third-order valence-electron chi connectivity index (χ3n) is 1.77. The minimum Gasteiger partial charge on any atom is -0.481 e. The minimum atomic E-state index is -5.08. The van der Waals surface area contributed by atoms with Gasteiger partial charge in [-0.05, 0) is 12.8 Å². The zero-order valence-electron chi connectivity index (χ0n) is 7.49. The molecule has 0 spiro atoms. The average Bonchev–Trinajstić information content (AvgIpc) is 1.97. The Morgan fingerprint density at radius 3 is 1.60 bits per heavy atom. The summed E-state index contributed by atoms with van der Waals surface area (Å²) >= 11 is 0. The van der Waals surface area contributed by atoms with Gasteiger partial charge in [-0.1, -0.05) is 0 Å². The zero-order chi connectivity index (χ0) is 12.2. The van der Waals surface area contributed by atoms with Crippen LogP contribution in [-0.4, -0.2) is 34.4 Å². The number of rotatable bonds is 1. The molecule has 1 fully saturated rings. The number of halogens is 3. The molecule has 0 atom stereocenters. The first kappa shape index (κ1) is 13.7. The van der Waals surface area contributed by atoms with Crippen LogP contribution < -0.4 is 5.73 Å². The fraction of sp³-hybridized carbons (Fsp3) is 0.714. The Labute approximate surface area is 82.7 Å². The van der Waals surface area contributed by atoms with Crippen molar-refractivity contribution in [2.24, 2.45) is 11.7 Å². The van der Waals surface area contributed by atoms with E-state index in [1.54, 1.807) is 0 Å². The molecule has 0 aromatic carbocycles. The molecule has 1 rings (SSSR count). The molecule has 88 valence electrons. The number of carboxylic acids is 2. The van der Waals surface area contributed by atoms with Crippen LogP contribution in [0.5, 0.6) is 0 Å². The first-order chi connectivity index (χ1) is 6.64. The minimum absolute atomic E-state index is 0.148. The van der Waals surface area contributed by atoms with E-state index in [1.165, 1.54) is 0 Å². The maximum atomic E-state index is 10.6. The maximum Gasteiger partial charge on any atom is 0.490 e. The molecule has 1 aliphatic carbocycles. The molecule has 0 radical (unpaired) electrons. The Balaban J connectivity index is 0.000000265. The molecule has 0 aromatic rings. The molecule has 1 aliphatic rings. The Bertz CT molecular complexity index is 247. The third kappa shape index (κ3) is 5.21. The van der Waals surface area contributed by atoms with Crippen molar-refractivity contribution in [3.8, 4) is 0 Å². The van der Waals surface area contributed by atoms with Crippen molar-refractivity contribution in [2.45, 2.75) is 25.1 Å². The quantitative estimate of drug-likeness (QED) is 0.605. The van der Waals surface area contributed by atoms with Gasteiger partial charge in [0, 0.05) is 6.04 Å². The average molecular weight is 229 g/mol. The maximum absolute atomic E-state index is 10.6. The number of hydrogen-bond donors (Lipinski definition) is 3. The van der Waals surface area contributed by atoms with Crippen LogP contribution in [0.4, 0.5) is 13.2 Å². The Morgan fingerprint density at radius 1 is 1.20 bits per heavy atom. The van der Waals surface area contributed by atoms with Gasteiger partial charge in [-0.3, -0.25) is 4.79 Å². The number of nitrogens with two attached hydrogens (primary N) is 1. The summed E-state index contributed by atoms with van der Waals surface area (Å²) in [6.45, 7) is 0. The van der Waals surface area contributed by atoms with Gasteiger partial charge in [-0.15, -0.1) is 0 Å². The van der Waals surface area contributed by atoms with Crippen molar-refractivity contribution in [1.82, 2.24) is 0 Å². The van der Waals surface area contributed by atoms with E-state index in [9.17, 15) is 18.0 Å². The fourth-order valence-corrected chi connectivity index (χ4v) is 0.864. The van der Waals surface area contributed by atoms with Gasteiger partial charge in [0.25, 0.3) is 0 Å². The number of carbonyl (C=O) groups is 2. The smallest absolute Gasteiger partial charge is 0.481 e. The summed E-state index contributed by atoms with van der Waals surface area (Å²) in [6, 6.07) is 0.149. The van der Waals surface area contributed by atoms with Crippen molar-refractivity contribution in [1.29, 1.82) is 0 Å². The van der Waals surface area contributed by atoms with E-state index in [1.807, 2.05) is 0 Å². The second-order valence-corrected chi connectivity index (χ2v) is 3.07. The molecule has 5 nitrogen and oxygen atoms in total. The lowest BCUT2D eigenvalue weighted by Crippen LogP contribution is -2.40. The van der Waals surface area contributed by atoms with Gasteiger partial charge in [0.15, 0.2) is 0 Å². The number of hydrogen-bond acceptors (Lipinski definition) is 3. The van der Waals surface area contributed by atoms with Crippen LogP contribution in [0, 0.1) is 5.92 Å². The Kier molecular flexibility index (Phi) is 4.53. The SMILES string of the molecule is NC1CC(C(=O)O)C1.O=C(O)C(F)(F)F. The lowest BCUT2D eigenvalue weighted by atomic mass is 9.81. The summed E-state index contributed by atoms with van der Waals surface area (Å²) in [5, 5.41) is 15.4. The number of carboxylic acid groups (broad SMARTS) is 2. The largest absolute Gasteiger partial charge is 0.490 e. The topological polar surface area (TPSA) is 101 Å². The summed E-state index contributed by atoms with van der Waals surface area (Å²) in [5.41, 5.74) is 5.34. The second-order valence-electron chi connectivity index (χ2n) is 3.07. The predicted molar refractivity (Wildman–Crippen MR) is 42.0 cm³/mol. The molecule has 0 aliphatic heterocycles. The van der Waals surface area contributed by atoms with Crippen molar-refractivity contribution >= 4 is 11.9 Å². The number of alkyl halides is 3. The standard InChI is InChI=1S/C5H9NO2.C2HF3O2/c6-4-1-3(2-4)5(7)8;3-2(4,5)1(6)7/h3-4H,1-2,6H2,(H,7,8);(H,6,7). The lowest BCUT2D eigenvalue weighted by Gasteiger charge is -2.28. The van der Waals surface area contributed by atoms with Gasteiger partial charge in [-0.25, -0.2) is 4.79 Å². The van der Waals surface area contributed by atoms with E-state index in [-0.39, 0.29) is 12.0 Å². The summed E-state index contributed by atoms with van der Waals surface area (Å²) in [5.74, 6) is -3.61. The van der Waals surface area contributed by atoms with E-state index >= 15 is 0 Å². The van der Waals surface area contributed by atoms with Crippen LogP contribution in [0.1, 0.15) is 12.8 Å². The van der Waals surface area contributed by atoms with Crippen LogP contribution >= 0.6 is 0 Å². The van der Waals surface area contributed by atoms with Crippen molar-refractivity contribution < 1.29 is 33.0 Å². The molecular weight excluding hydrogens is 219 g/mol. The highest BCUT2D eigenvalue weighted by Gasteiger charge is 2.38. The monoisotopic (exact) mass is 229 g/mol. The van der Waals surface area contributed by atoms with E-state index < -0.39 is 18.1 Å². The van der Waals surface area contributed by atoms with Crippen molar-refractivity contribution in [2.75, 3.05) is 0 Å². The van der Waals surface area contributed by atoms with E-state index in [0.717, 1.165) is 0 Å². The first-order valence-corrected chi connectivity index (χ1v) is 3.93. The molecule has 15 heavy (non-hydrogen) atoms. The van der Waals surface area contributed by atoms with E-state index in [2.05, 4.69) is 0 Å². The first-order valence-electron chi connectivity index (χ1n) is 3.93. The van der Waals surface area contributed by atoms with E-state index in [4.69, 9.17) is 20.7 Å². The molecule has 0 unspecified atom stereocenters. The molecule has 0 bridgehead atoms. The molecule has 8 heteroatoms. The summed E-state index contributed by atoms with van der Waals surface area (Å²) in [7, 11) is 0. The van der Waals surface area contributed by atoms with Crippen LogP contribution in [0.2, 0.25) is 0 Å². The van der Waals surface area contributed by atoms with Gasteiger partial charge in [-0.2, -0.15) is 13.2 Å². The zero-order valence-corrected chi connectivity index (χ0v) is 7.49. The summed E-state index contributed by atoms with van der Waals surface area (Å²) in [6.07, 6.45) is -3.76. The second kappa shape index (κ2) is 4.96. The van der Waals surface area contributed by atoms with Gasteiger partial charge < -0.3 is 15.9 Å². The highest BCUT2D eigenvalue weighted by atomic mass is 19.4. The highest BCUT2D eigenvalue weighted by Crippen LogP contribution is 2.24. The lowest BCUT2D eigenvalue weighted by molar-refractivity contribution is -0.192. The van der Waals surface area contributed by atoms with Gasteiger partial charge >= 0.3 is 18.1 Å². The molecular formula is C7H10F3NO4. The molecule has 0 aromatic heterocycles. The normalized spacial score (nSPS) is 24.5. The molecule has 0 saturated heterocycles. The van der Waals surface area contributed by atoms with Gasteiger partial charge in [0.1, 0.15) is 0 Å². The number of aliphatic carboxylic acids is 2. The summed E-state index contributed by atoms with van der Waals surface area (Å²) < 4.78 is 31.7. The van der Waals surface area contributed by atoms with Crippen LogP contribution in [-0.2, 0) is 9.59 Å². The van der Waals surface area contributed by atoms with Crippen LogP contribution in [0.25, 0.3) is 0 Å². The molecule has 0 heterocycles. The fourth-order valence-electron chi connectivity index (χ4n) is 0.864. The summed E-state index contributed by atoms with van der Waals surface area (Å²) in [4.78, 5) is 19.0. The highest BCUT2D eigenvalue weighted by molar-refractivity contribution is 5.73. The molecule has 0 amide bonds. The van der Waals surface area contributed by atoms with Gasteiger partial charge in [0.05, 0.1) is 5.92 Å². The van der Waals surface area contributed by atoms with Crippen LogP contribution in [0.3, 0.4) is 0 Å². The van der Waals surface area contributed by atoms with E-state index in [0.29, 0.717) is 12.8 Å². The Hall–Kier alpha value is -1.31. The Morgan fingerprint density at radius 2 is 1.53 bits per heavy atom. The van der Waals surface area contributed by atoms with Crippen LogP contribution in [0.15, 0.2) is 0 Å². The van der Waals surface area contributed by atoms with Crippen molar-refractivity contribution in [3.63, 3.8) is 0 Å². The predicted octanol–water partition coefficient (Wildman–Crippen LogP) is 0.442. The van der Waals surface area contributed by atoms with Crippen molar-refractivity contribution in [3.05, 3.63) is 0 Å². The van der Waals surface area contributed by atoms with Gasteiger partial charge in [0.2, 0.25) is 0 Å². The molecule has 4 N–H and O–H groups in total. The molecule has 1 saturated carbocycles.